The number of aliphatic hydroxyl groups excluding tert-OH is 1. The molecular weight excluding hydrogens is 326 g/mol. The maximum Gasteiger partial charge on any atom is 0.266 e. The molecule has 0 aromatic heterocycles. The highest BCUT2D eigenvalue weighted by molar-refractivity contribution is 6.30. The lowest BCUT2D eigenvalue weighted by Gasteiger charge is -2.22. The summed E-state index contributed by atoms with van der Waals surface area (Å²) in [6, 6.07) is 16.2. The van der Waals surface area contributed by atoms with Gasteiger partial charge in [-0.25, -0.2) is 0 Å². The fourth-order valence-corrected chi connectivity index (χ4v) is 2.46. The van der Waals surface area contributed by atoms with Crippen molar-refractivity contribution in [1.82, 2.24) is 5.32 Å². The zero-order valence-electron chi connectivity index (χ0n) is 13.6. The second-order valence-electron chi connectivity index (χ2n) is 5.64. The smallest absolute Gasteiger partial charge is 0.266 e. The van der Waals surface area contributed by atoms with Gasteiger partial charge in [0.05, 0.1) is 0 Å². The van der Waals surface area contributed by atoms with Gasteiger partial charge in [-0.05, 0) is 44.0 Å². The number of nitrogens with one attached hydrogen (secondary N) is 1. The van der Waals surface area contributed by atoms with Gasteiger partial charge in [0.15, 0.2) is 0 Å². The molecule has 5 heteroatoms. The Morgan fingerprint density at radius 1 is 1.17 bits per heavy atom. The lowest BCUT2D eigenvalue weighted by atomic mass is 10.1. The molecule has 0 spiro atoms. The molecule has 0 fully saturated rings. The number of aliphatic hydroxyl groups is 1. The number of halogens is 1. The highest BCUT2D eigenvalue weighted by Crippen LogP contribution is 2.24. The summed E-state index contributed by atoms with van der Waals surface area (Å²) in [5.74, 6) is 0.369. The van der Waals surface area contributed by atoms with E-state index in [0.717, 1.165) is 5.56 Å². The van der Waals surface area contributed by atoms with Gasteiger partial charge in [-0.15, -0.1) is 0 Å². The minimum atomic E-state index is -0.746. The van der Waals surface area contributed by atoms with Crippen LogP contribution in [0.25, 0.3) is 0 Å². The zero-order valence-corrected chi connectivity index (χ0v) is 14.4. The van der Waals surface area contributed by atoms with Crippen LogP contribution in [0.15, 0.2) is 54.6 Å². The summed E-state index contributed by atoms with van der Waals surface area (Å²) >= 11 is 5.89. The first kappa shape index (κ1) is 18.3. The van der Waals surface area contributed by atoms with Gasteiger partial charge >= 0.3 is 0 Å². The quantitative estimate of drug-likeness (QED) is 0.764. The maximum atomic E-state index is 12.7. The highest BCUT2D eigenvalue weighted by atomic mass is 35.5. The van der Waals surface area contributed by atoms with Crippen molar-refractivity contribution in [3.63, 3.8) is 0 Å². The molecule has 2 aromatic carbocycles. The largest absolute Gasteiger partial charge is 0.476 e. The van der Waals surface area contributed by atoms with Crippen LogP contribution in [0, 0.1) is 0 Å². The molecule has 2 rings (SSSR count). The third kappa shape index (κ3) is 5.55. The molecule has 2 N–H and O–H groups in total. The Labute approximate surface area is 147 Å². The summed E-state index contributed by atoms with van der Waals surface area (Å²) in [4.78, 5) is 12.7. The first-order valence-electron chi connectivity index (χ1n) is 7.98. The third-order valence-electron chi connectivity index (χ3n) is 3.59. The van der Waals surface area contributed by atoms with Gasteiger partial charge in [0.25, 0.3) is 5.91 Å². The van der Waals surface area contributed by atoms with E-state index in [1.807, 2.05) is 37.3 Å². The highest BCUT2D eigenvalue weighted by Gasteiger charge is 2.23. The molecule has 0 saturated carbocycles. The fourth-order valence-electron chi connectivity index (χ4n) is 2.34. The van der Waals surface area contributed by atoms with Gasteiger partial charge in [0.2, 0.25) is 6.10 Å². The van der Waals surface area contributed by atoms with Gasteiger partial charge in [-0.2, -0.15) is 0 Å². The minimum Gasteiger partial charge on any atom is -0.476 e. The lowest BCUT2D eigenvalue weighted by Crippen LogP contribution is -2.38. The van der Waals surface area contributed by atoms with E-state index in [2.05, 4.69) is 5.32 Å². The molecular formula is C19H22ClNO3. The normalized spacial score (nSPS) is 13.1. The van der Waals surface area contributed by atoms with E-state index in [0.29, 0.717) is 23.6 Å². The fraction of sp³-hybridized carbons (Fsp3) is 0.316. The Bertz CT molecular complexity index is 631. The van der Waals surface area contributed by atoms with Crippen LogP contribution >= 0.6 is 11.6 Å². The van der Waals surface area contributed by atoms with Gasteiger partial charge < -0.3 is 15.2 Å². The molecule has 2 unspecified atom stereocenters. The summed E-state index contributed by atoms with van der Waals surface area (Å²) in [6.07, 6.45) is 0.615. The Kier molecular flexibility index (Phi) is 7.09. The van der Waals surface area contributed by atoms with Crippen molar-refractivity contribution < 1.29 is 14.6 Å². The van der Waals surface area contributed by atoms with E-state index < -0.39 is 6.10 Å². The predicted octanol–water partition coefficient (Wildman–Crippen LogP) is 3.74. The van der Waals surface area contributed by atoms with Crippen molar-refractivity contribution in [1.29, 1.82) is 0 Å². The Hall–Kier alpha value is -2.04. The predicted molar refractivity (Wildman–Crippen MR) is 95.2 cm³/mol. The molecule has 2 atom stereocenters. The van der Waals surface area contributed by atoms with Crippen molar-refractivity contribution in [2.24, 2.45) is 0 Å². The molecule has 0 saturated heterocycles. The lowest BCUT2D eigenvalue weighted by molar-refractivity contribution is -0.129. The monoisotopic (exact) mass is 347 g/mol. The number of hydrogen-bond donors (Lipinski definition) is 2. The van der Waals surface area contributed by atoms with Gasteiger partial charge in [0, 0.05) is 23.2 Å². The molecule has 0 radical (unpaired) electrons. The Morgan fingerprint density at radius 3 is 2.46 bits per heavy atom. The van der Waals surface area contributed by atoms with E-state index in [4.69, 9.17) is 21.4 Å². The van der Waals surface area contributed by atoms with Crippen molar-refractivity contribution >= 4 is 17.5 Å². The van der Waals surface area contributed by atoms with Gasteiger partial charge in [0.1, 0.15) is 5.75 Å². The summed E-state index contributed by atoms with van der Waals surface area (Å²) < 4.78 is 5.90. The Morgan fingerprint density at radius 2 is 1.83 bits per heavy atom. The molecule has 4 nitrogen and oxygen atoms in total. The van der Waals surface area contributed by atoms with Crippen LogP contribution in [-0.2, 0) is 4.79 Å². The molecule has 0 aliphatic carbocycles. The second kappa shape index (κ2) is 9.30. The average molecular weight is 348 g/mol. The number of carbonyl (C=O) groups is 1. The van der Waals surface area contributed by atoms with Crippen molar-refractivity contribution in [2.45, 2.75) is 31.9 Å². The number of ether oxygens (including phenoxy) is 1. The second-order valence-corrected chi connectivity index (χ2v) is 6.07. The summed E-state index contributed by atoms with van der Waals surface area (Å²) in [7, 11) is 0. The average Bonchev–Trinajstić information content (AvgIpc) is 2.60. The van der Waals surface area contributed by atoms with E-state index in [1.54, 1.807) is 24.3 Å². The van der Waals surface area contributed by atoms with Crippen molar-refractivity contribution in [3.8, 4) is 5.75 Å². The van der Waals surface area contributed by atoms with Crippen LogP contribution < -0.4 is 10.1 Å². The minimum absolute atomic E-state index is 0.0373. The molecule has 0 aliphatic rings. The van der Waals surface area contributed by atoms with E-state index >= 15 is 0 Å². The molecule has 1 amide bonds. The first-order valence-corrected chi connectivity index (χ1v) is 8.36. The molecule has 0 aliphatic heterocycles. The zero-order chi connectivity index (χ0) is 17.4. The van der Waals surface area contributed by atoms with Gasteiger partial charge in [-0.1, -0.05) is 41.9 Å². The summed E-state index contributed by atoms with van der Waals surface area (Å²) in [5, 5.41) is 12.5. The first-order chi connectivity index (χ1) is 11.6. The standard InChI is InChI=1S/C19H22ClNO3/c1-14(6-5-13-22)21-19(23)18(15-7-3-2-4-8-15)24-17-11-9-16(20)10-12-17/h2-4,7-12,14,18,22H,5-6,13H2,1H3,(H,21,23). The van der Waals surface area contributed by atoms with Crippen LogP contribution in [0.1, 0.15) is 31.4 Å². The summed E-state index contributed by atoms with van der Waals surface area (Å²) in [6.45, 7) is 2.03. The molecule has 24 heavy (non-hydrogen) atoms. The van der Waals surface area contributed by atoms with E-state index in [9.17, 15) is 4.79 Å². The number of rotatable bonds is 8. The van der Waals surface area contributed by atoms with Crippen LogP contribution in [0.3, 0.4) is 0 Å². The molecule has 0 bridgehead atoms. The van der Waals surface area contributed by atoms with Crippen molar-refractivity contribution in [3.05, 3.63) is 65.2 Å². The Balaban J connectivity index is 2.13. The number of benzene rings is 2. The molecule has 2 aromatic rings. The molecule has 0 heterocycles. The van der Waals surface area contributed by atoms with E-state index in [-0.39, 0.29) is 18.6 Å². The van der Waals surface area contributed by atoms with Crippen LogP contribution in [0.4, 0.5) is 0 Å². The topological polar surface area (TPSA) is 58.6 Å². The number of hydrogen-bond acceptors (Lipinski definition) is 3. The maximum absolute atomic E-state index is 12.7. The van der Waals surface area contributed by atoms with Crippen molar-refractivity contribution in [2.75, 3.05) is 6.61 Å². The van der Waals surface area contributed by atoms with Gasteiger partial charge in [-0.3, -0.25) is 4.79 Å². The van der Waals surface area contributed by atoms with E-state index in [1.165, 1.54) is 0 Å². The number of carbonyl (C=O) groups excluding carboxylic acids is 1. The van der Waals surface area contributed by atoms with Crippen LogP contribution in [-0.4, -0.2) is 23.7 Å². The number of amides is 1. The van der Waals surface area contributed by atoms with Crippen LogP contribution in [0.2, 0.25) is 5.02 Å². The SMILES string of the molecule is CC(CCCO)NC(=O)C(Oc1ccc(Cl)cc1)c1ccccc1. The third-order valence-corrected chi connectivity index (χ3v) is 3.84. The summed E-state index contributed by atoms with van der Waals surface area (Å²) in [5.41, 5.74) is 0.777. The van der Waals surface area contributed by atoms with Crippen LogP contribution in [0.5, 0.6) is 5.75 Å². The molecule has 128 valence electrons.